The number of rotatable bonds is 1. The van der Waals surface area contributed by atoms with Crippen LogP contribution in [0, 0.1) is 0 Å². The molecule has 0 unspecified atom stereocenters. The average Bonchev–Trinajstić information content (AvgIpc) is 2.16. The summed E-state index contributed by atoms with van der Waals surface area (Å²) in [6, 6.07) is 0. The second kappa shape index (κ2) is 4.23. The summed E-state index contributed by atoms with van der Waals surface area (Å²) in [6.07, 6.45) is 2.95. The highest BCUT2D eigenvalue weighted by atomic mass is 35.5. The molecule has 0 bridgehead atoms. The van der Waals surface area contributed by atoms with Crippen molar-refractivity contribution in [1.82, 2.24) is 14.3 Å². The summed E-state index contributed by atoms with van der Waals surface area (Å²) in [5.41, 5.74) is 2.00. The SMILES string of the molecule is CSN1CCc2c(Cl)nc(Cl)nc2C1. The highest BCUT2D eigenvalue weighted by molar-refractivity contribution is 7.96. The van der Waals surface area contributed by atoms with Gasteiger partial charge >= 0.3 is 0 Å². The molecule has 0 fully saturated rings. The van der Waals surface area contributed by atoms with Crippen molar-refractivity contribution in [2.75, 3.05) is 12.8 Å². The lowest BCUT2D eigenvalue weighted by Gasteiger charge is -2.25. The molecule has 0 atom stereocenters. The van der Waals surface area contributed by atoms with Crippen LogP contribution in [0.25, 0.3) is 0 Å². The standard InChI is InChI=1S/C8H9Cl2N3S/c1-14-13-3-2-5-6(4-13)11-8(10)12-7(5)9/h2-4H2,1H3. The molecule has 1 aromatic heterocycles. The van der Waals surface area contributed by atoms with Crippen LogP contribution < -0.4 is 0 Å². The van der Waals surface area contributed by atoms with Gasteiger partial charge in [-0.2, -0.15) is 0 Å². The van der Waals surface area contributed by atoms with Gasteiger partial charge in [-0.3, -0.25) is 0 Å². The fourth-order valence-corrected chi connectivity index (χ4v) is 2.53. The molecule has 2 heterocycles. The first-order valence-corrected chi connectivity index (χ1v) is 6.14. The maximum atomic E-state index is 5.98. The molecule has 0 radical (unpaired) electrons. The van der Waals surface area contributed by atoms with E-state index in [9.17, 15) is 0 Å². The van der Waals surface area contributed by atoms with Gasteiger partial charge in [0.15, 0.2) is 0 Å². The quantitative estimate of drug-likeness (QED) is 0.435. The predicted octanol–water partition coefficient (Wildman–Crippen LogP) is 2.42. The van der Waals surface area contributed by atoms with Gasteiger partial charge in [0.05, 0.1) is 12.2 Å². The number of aromatic nitrogens is 2. The molecule has 0 N–H and O–H groups in total. The lowest BCUT2D eigenvalue weighted by molar-refractivity contribution is 0.436. The van der Waals surface area contributed by atoms with Crippen molar-refractivity contribution in [3.8, 4) is 0 Å². The molecule has 0 spiro atoms. The van der Waals surface area contributed by atoms with Gasteiger partial charge in [-0.25, -0.2) is 14.3 Å². The van der Waals surface area contributed by atoms with Gasteiger partial charge < -0.3 is 0 Å². The maximum absolute atomic E-state index is 5.98. The summed E-state index contributed by atoms with van der Waals surface area (Å²) in [6.45, 7) is 1.78. The molecule has 14 heavy (non-hydrogen) atoms. The van der Waals surface area contributed by atoms with Crippen molar-refractivity contribution in [1.29, 1.82) is 0 Å². The summed E-state index contributed by atoms with van der Waals surface area (Å²) >= 11 is 13.4. The van der Waals surface area contributed by atoms with Crippen molar-refractivity contribution >= 4 is 35.1 Å². The van der Waals surface area contributed by atoms with E-state index in [2.05, 4.69) is 20.5 Å². The van der Waals surface area contributed by atoms with Crippen LogP contribution in [-0.2, 0) is 13.0 Å². The Kier molecular flexibility index (Phi) is 3.17. The van der Waals surface area contributed by atoms with E-state index in [4.69, 9.17) is 23.2 Å². The largest absolute Gasteiger partial charge is 0.245 e. The first kappa shape index (κ1) is 10.5. The van der Waals surface area contributed by atoms with Crippen LogP contribution in [0.15, 0.2) is 0 Å². The number of hydrogen-bond acceptors (Lipinski definition) is 4. The smallest absolute Gasteiger partial charge is 0.224 e. The van der Waals surface area contributed by atoms with E-state index in [0.717, 1.165) is 30.8 Å². The van der Waals surface area contributed by atoms with Crippen LogP contribution in [0.5, 0.6) is 0 Å². The Morgan fingerprint density at radius 2 is 2.14 bits per heavy atom. The Balaban J connectivity index is 2.37. The van der Waals surface area contributed by atoms with Crippen molar-refractivity contribution in [3.63, 3.8) is 0 Å². The van der Waals surface area contributed by atoms with Crippen LogP contribution in [0.3, 0.4) is 0 Å². The molecule has 1 aromatic rings. The third-order valence-electron chi connectivity index (χ3n) is 2.21. The highest BCUT2D eigenvalue weighted by Gasteiger charge is 2.20. The van der Waals surface area contributed by atoms with E-state index in [1.165, 1.54) is 0 Å². The third kappa shape index (κ3) is 1.98. The zero-order valence-electron chi connectivity index (χ0n) is 7.63. The summed E-state index contributed by atoms with van der Waals surface area (Å²) in [4.78, 5) is 8.12. The highest BCUT2D eigenvalue weighted by Crippen LogP contribution is 2.26. The molecule has 3 nitrogen and oxygen atoms in total. The average molecular weight is 250 g/mol. The van der Waals surface area contributed by atoms with Crippen LogP contribution in [-0.4, -0.2) is 27.1 Å². The van der Waals surface area contributed by atoms with Crippen molar-refractivity contribution in [2.45, 2.75) is 13.0 Å². The van der Waals surface area contributed by atoms with E-state index in [0.29, 0.717) is 5.15 Å². The summed E-state index contributed by atoms with van der Waals surface area (Å²) in [5.74, 6) is 0. The van der Waals surface area contributed by atoms with E-state index >= 15 is 0 Å². The van der Waals surface area contributed by atoms with E-state index in [1.54, 1.807) is 11.9 Å². The van der Waals surface area contributed by atoms with Gasteiger partial charge in [-0.05, 0) is 24.3 Å². The fourth-order valence-electron chi connectivity index (χ4n) is 1.49. The van der Waals surface area contributed by atoms with Crippen LogP contribution >= 0.6 is 35.1 Å². The zero-order valence-corrected chi connectivity index (χ0v) is 9.96. The van der Waals surface area contributed by atoms with Gasteiger partial charge in [0, 0.05) is 12.1 Å². The summed E-state index contributed by atoms with van der Waals surface area (Å²) in [5, 5.41) is 0.734. The lowest BCUT2D eigenvalue weighted by atomic mass is 10.1. The Morgan fingerprint density at radius 3 is 2.86 bits per heavy atom. The first-order chi connectivity index (χ1) is 6.70. The molecule has 1 aliphatic rings. The molecule has 2 rings (SSSR count). The molecule has 0 amide bonds. The van der Waals surface area contributed by atoms with E-state index in [1.807, 2.05) is 0 Å². The summed E-state index contributed by atoms with van der Waals surface area (Å²) in [7, 11) is 0. The monoisotopic (exact) mass is 249 g/mol. The van der Waals surface area contributed by atoms with Gasteiger partial charge in [0.25, 0.3) is 0 Å². The molecule has 0 aliphatic carbocycles. The topological polar surface area (TPSA) is 29.0 Å². The number of nitrogens with zero attached hydrogens (tertiary/aromatic N) is 3. The molecular formula is C8H9Cl2N3S. The minimum Gasteiger partial charge on any atom is -0.245 e. The van der Waals surface area contributed by atoms with Crippen LogP contribution in [0.1, 0.15) is 11.3 Å². The van der Waals surface area contributed by atoms with Gasteiger partial charge in [0.2, 0.25) is 5.28 Å². The van der Waals surface area contributed by atoms with Gasteiger partial charge in [-0.15, -0.1) is 0 Å². The Morgan fingerprint density at radius 1 is 1.36 bits per heavy atom. The fraction of sp³-hybridized carbons (Fsp3) is 0.500. The minimum atomic E-state index is 0.233. The maximum Gasteiger partial charge on any atom is 0.224 e. The van der Waals surface area contributed by atoms with Crippen molar-refractivity contribution in [3.05, 3.63) is 21.7 Å². The molecule has 0 saturated heterocycles. The van der Waals surface area contributed by atoms with Gasteiger partial charge in [0.1, 0.15) is 5.15 Å². The first-order valence-electron chi connectivity index (χ1n) is 4.20. The predicted molar refractivity (Wildman–Crippen MR) is 59.7 cm³/mol. The second-order valence-electron chi connectivity index (χ2n) is 3.00. The second-order valence-corrected chi connectivity index (χ2v) is 4.58. The third-order valence-corrected chi connectivity index (χ3v) is 3.52. The van der Waals surface area contributed by atoms with Crippen LogP contribution in [0.4, 0.5) is 0 Å². The Hall–Kier alpha value is -0.0300. The summed E-state index contributed by atoms with van der Waals surface area (Å²) < 4.78 is 2.22. The van der Waals surface area contributed by atoms with Crippen molar-refractivity contribution in [2.24, 2.45) is 0 Å². The molecule has 0 aromatic carbocycles. The molecule has 1 aliphatic heterocycles. The van der Waals surface area contributed by atoms with Crippen molar-refractivity contribution < 1.29 is 0 Å². The number of fused-ring (bicyclic) bond motifs is 1. The Bertz CT molecular complexity index is 359. The molecule has 76 valence electrons. The molecular weight excluding hydrogens is 241 g/mol. The zero-order chi connectivity index (χ0) is 10.1. The normalized spacial score (nSPS) is 16.8. The molecule has 6 heteroatoms. The number of halogens is 2. The van der Waals surface area contributed by atoms with E-state index in [-0.39, 0.29) is 5.28 Å². The molecule has 0 saturated carbocycles. The minimum absolute atomic E-state index is 0.233. The number of hydrogen-bond donors (Lipinski definition) is 0. The van der Waals surface area contributed by atoms with Crippen LogP contribution in [0.2, 0.25) is 10.4 Å². The van der Waals surface area contributed by atoms with Gasteiger partial charge in [-0.1, -0.05) is 23.5 Å². The van der Waals surface area contributed by atoms with E-state index < -0.39 is 0 Å². The lowest BCUT2D eigenvalue weighted by Crippen LogP contribution is -2.26. The Labute approximate surface area is 96.9 Å².